The Bertz CT molecular complexity index is 288. The second kappa shape index (κ2) is 7.25. The molecule has 0 radical (unpaired) electrons. The molecule has 0 spiro atoms. The summed E-state index contributed by atoms with van der Waals surface area (Å²) in [6.45, 7) is 7.25. The second-order valence-corrected chi connectivity index (χ2v) is 6.28. The Morgan fingerprint density at radius 2 is 2.11 bits per heavy atom. The van der Waals surface area contributed by atoms with Gasteiger partial charge in [-0.15, -0.1) is 0 Å². The fourth-order valence-electron chi connectivity index (χ4n) is 3.17. The van der Waals surface area contributed by atoms with Gasteiger partial charge in [0.2, 0.25) is 5.91 Å². The van der Waals surface area contributed by atoms with Gasteiger partial charge in [0.05, 0.1) is 12.7 Å². The molecule has 4 heteroatoms. The Labute approximate surface area is 116 Å². The molecule has 1 unspecified atom stereocenters. The second-order valence-electron chi connectivity index (χ2n) is 6.28. The van der Waals surface area contributed by atoms with Crippen molar-refractivity contribution < 1.29 is 9.53 Å². The molecule has 1 saturated carbocycles. The highest BCUT2D eigenvalue weighted by molar-refractivity contribution is 5.80. The summed E-state index contributed by atoms with van der Waals surface area (Å²) < 4.78 is 5.59. The van der Waals surface area contributed by atoms with Crippen LogP contribution in [0.1, 0.15) is 46.0 Å². The van der Waals surface area contributed by atoms with Gasteiger partial charge in [-0.3, -0.25) is 10.1 Å². The van der Waals surface area contributed by atoms with E-state index in [9.17, 15) is 4.79 Å². The van der Waals surface area contributed by atoms with Crippen molar-refractivity contribution in [3.8, 4) is 0 Å². The third kappa shape index (κ3) is 4.18. The van der Waals surface area contributed by atoms with Gasteiger partial charge < -0.3 is 9.64 Å². The molecule has 1 N–H and O–H groups in total. The molecule has 1 amide bonds. The first kappa shape index (κ1) is 14.8. The van der Waals surface area contributed by atoms with Gasteiger partial charge in [-0.05, 0) is 31.1 Å². The van der Waals surface area contributed by atoms with Gasteiger partial charge >= 0.3 is 0 Å². The Hall–Kier alpha value is -0.610. The molecule has 19 heavy (non-hydrogen) atoms. The maximum atomic E-state index is 11.9. The van der Waals surface area contributed by atoms with Crippen molar-refractivity contribution in [1.29, 1.82) is 0 Å². The fraction of sp³-hybridized carbons (Fsp3) is 0.933. The van der Waals surface area contributed by atoms with Crippen LogP contribution in [0.2, 0.25) is 0 Å². The molecular formula is C15H28N2O2. The minimum Gasteiger partial charge on any atom is -0.381 e. The maximum Gasteiger partial charge on any atom is 0.237 e. The summed E-state index contributed by atoms with van der Waals surface area (Å²) in [6, 6.07) is 0. The highest BCUT2D eigenvalue weighted by atomic mass is 16.5. The Morgan fingerprint density at radius 3 is 2.79 bits per heavy atom. The van der Waals surface area contributed by atoms with E-state index in [1.165, 1.54) is 25.7 Å². The van der Waals surface area contributed by atoms with Crippen molar-refractivity contribution in [2.24, 2.45) is 11.8 Å². The lowest BCUT2D eigenvalue weighted by molar-refractivity contribution is -0.128. The van der Waals surface area contributed by atoms with Crippen LogP contribution < -0.4 is 5.32 Å². The summed E-state index contributed by atoms with van der Waals surface area (Å²) in [5, 5.41) is 3.39. The van der Waals surface area contributed by atoms with Crippen LogP contribution >= 0.6 is 0 Å². The minimum atomic E-state index is 0.265. The van der Waals surface area contributed by atoms with E-state index < -0.39 is 0 Å². The SMILES string of the molecule is CC(C)COCCCN1C(=O)CNC1C1CCCC1. The van der Waals surface area contributed by atoms with E-state index in [4.69, 9.17) is 4.74 Å². The highest BCUT2D eigenvalue weighted by Crippen LogP contribution is 2.30. The zero-order valence-electron chi connectivity index (χ0n) is 12.4. The third-order valence-electron chi connectivity index (χ3n) is 4.10. The van der Waals surface area contributed by atoms with Gasteiger partial charge in [0.15, 0.2) is 0 Å². The molecule has 1 atom stereocenters. The number of amides is 1. The maximum absolute atomic E-state index is 11.9. The van der Waals surface area contributed by atoms with Crippen molar-refractivity contribution in [2.75, 3.05) is 26.3 Å². The van der Waals surface area contributed by atoms with Crippen LogP contribution in [0, 0.1) is 11.8 Å². The summed E-state index contributed by atoms with van der Waals surface area (Å²) >= 11 is 0. The normalized spacial score (nSPS) is 24.9. The average Bonchev–Trinajstić information content (AvgIpc) is 2.98. The Balaban J connectivity index is 1.71. The van der Waals surface area contributed by atoms with Gasteiger partial charge in [0.1, 0.15) is 0 Å². The first-order valence-electron chi connectivity index (χ1n) is 7.79. The zero-order valence-corrected chi connectivity index (χ0v) is 12.4. The zero-order chi connectivity index (χ0) is 13.7. The monoisotopic (exact) mass is 268 g/mol. The van der Waals surface area contributed by atoms with Gasteiger partial charge in [-0.2, -0.15) is 0 Å². The van der Waals surface area contributed by atoms with Crippen LogP contribution in [0.15, 0.2) is 0 Å². The molecule has 2 fully saturated rings. The molecule has 2 rings (SSSR count). The molecule has 1 aliphatic heterocycles. The number of nitrogens with one attached hydrogen (secondary N) is 1. The van der Waals surface area contributed by atoms with Crippen LogP contribution in [-0.4, -0.2) is 43.3 Å². The molecule has 1 saturated heterocycles. The van der Waals surface area contributed by atoms with Crippen LogP contribution in [0.5, 0.6) is 0 Å². The van der Waals surface area contributed by atoms with E-state index in [1.807, 2.05) is 0 Å². The largest absolute Gasteiger partial charge is 0.381 e. The van der Waals surface area contributed by atoms with Crippen LogP contribution in [0.25, 0.3) is 0 Å². The predicted molar refractivity (Wildman–Crippen MR) is 75.7 cm³/mol. The predicted octanol–water partition coefficient (Wildman–Crippen LogP) is 2.00. The number of hydrogen-bond acceptors (Lipinski definition) is 3. The van der Waals surface area contributed by atoms with E-state index in [0.29, 0.717) is 24.5 Å². The van der Waals surface area contributed by atoms with Crippen LogP contribution in [-0.2, 0) is 9.53 Å². The van der Waals surface area contributed by atoms with Crippen LogP contribution in [0.3, 0.4) is 0 Å². The number of carbonyl (C=O) groups excluding carboxylic acids is 1. The lowest BCUT2D eigenvalue weighted by atomic mass is 10.0. The van der Waals surface area contributed by atoms with Crippen molar-refractivity contribution in [2.45, 2.75) is 52.1 Å². The lowest BCUT2D eigenvalue weighted by Gasteiger charge is -2.29. The van der Waals surface area contributed by atoms with Gasteiger partial charge in [-0.25, -0.2) is 0 Å². The average molecular weight is 268 g/mol. The smallest absolute Gasteiger partial charge is 0.237 e. The van der Waals surface area contributed by atoms with Gasteiger partial charge in [-0.1, -0.05) is 26.7 Å². The van der Waals surface area contributed by atoms with Crippen molar-refractivity contribution in [1.82, 2.24) is 10.2 Å². The quantitative estimate of drug-likeness (QED) is 0.718. The van der Waals surface area contributed by atoms with Crippen molar-refractivity contribution in [3.63, 3.8) is 0 Å². The van der Waals surface area contributed by atoms with Crippen molar-refractivity contribution in [3.05, 3.63) is 0 Å². The van der Waals surface area contributed by atoms with E-state index in [1.54, 1.807) is 0 Å². The molecule has 110 valence electrons. The summed E-state index contributed by atoms with van der Waals surface area (Å²) in [5.41, 5.74) is 0. The first-order chi connectivity index (χ1) is 9.18. The molecule has 4 nitrogen and oxygen atoms in total. The summed E-state index contributed by atoms with van der Waals surface area (Å²) in [5.74, 6) is 1.52. The minimum absolute atomic E-state index is 0.265. The number of hydrogen-bond donors (Lipinski definition) is 1. The van der Waals surface area contributed by atoms with E-state index in [2.05, 4.69) is 24.1 Å². The fourth-order valence-corrected chi connectivity index (χ4v) is 3.17. The molecule has 1 heterocycles. The third-order valence-corrected chi connectivity index (χ3v) is 4.10. The molecular weight excluding hydrogens is 240 g/mol. The van der Waals surface area contributed by atoms with Gasteiger partial charge in [0, 0.05) is 19.8 Å². The van der Waals surface area contributed by atoms with E-state index in [-0.39, 0.29) is 5.91 Å². The number of nitrogens with zero attached hydrogens (tertiary/aromatic N) is 1. The molecule has 0 aromatic rings. The molecule has 1 aliphatic carbocycles. The first-order valence-corrected chi connectivity index (χ1v) is 7.79. The highest BCUT2D eigenvalue weighted by Gasteiger charge is 2.36. The van der Waals surface area contributed by atoms with Crippen molar-refractivity contribution >= 4 is 5.91 Å². The number of rotatable bonds is 7. The molecule has 0 bridgehead atoms. The van der Waals surface area contributed by atoms with E-state index in [0.717, 1.165) is 26.2 Å². The standard InChI is InChI=1S/C15H28N2O2/c1-12(2)11-19-9-5-8-17-14(18)10-16-15(17)13-6-3-4-7-13/h12-13,15-16H,3-11H2,1-2H3. The number of ether oxygens (including phenoxy) is 1. The summed E-state index contributed by atoms with van der Waals surface area (Å²) in [6.07, 6.45) is 6.42. The molecule has 0 aromatic carbocycles. The Morgan fingerprint density at radius 1 is 1.37 bits per heavy atom. The summed E-state index contributed by atoms with van der Waals surface area (Å²) in [7, 11) is 0. The van der Waals surface area contributed by atoms with E-state index >= 15 is 0 Å². The molecule has 2 aliphatic rings. The Kier molecular flexibility index (Phi) is 5.64. The lowest BCUT2D eigenvalue weighted by Crippen LogP contribution is -2.43. The van der Waals surface area contributed by atoms with Crippen LogP contribution in [0.4, 0.5) is 0 Å². The topological polar surface area (TPSA) is 41.6 Å². The summed E-state index contributed by atoms with van der Waals surface area (Å²) in [4.78, 5) is 14.0. The molecule has 0 aromatic heterocycles. The van der Waals surface area contributed by atoms with Gasteiger partial charge in [0.25, 0.3) is 0 Å². The number of carbonyl (C=O) groups is 1.